The third kappa shape index (κ3) is 7.29. The molecule has 2 amide bonds. The summed E-state index contributed by atoms with van der Waals surface area (Å²) in [5.41, 5.74) is 1.61. The molecule has 0 spiro atoms. The van der Waals surface area contributed by atoms with Gasteiger partial charge in [0.2, 0.25) is 11.8 Å². The summed E-state index contributed by atoms with van der Waals surface area (Å²) < 4.78 is 42.7. The molecular formula is C27H37FN4O4S. The number of carbonyl (C=O) groups excluding carboxylic acids is 2. The average Bonchev–Trinajstić information content (AvgIpc) is 2.87. The van der Waals surface area contributed by atoms with Gasteiger partial charge >= 0.3 is 10.2 Å². The molecule has 202 valence electrons. The Kier molecular flexibility index (Phi) is 9.67. The van der Waals surface area contributed by atoms with Gasteiger partial charge in [-0.3, -0.25) is 9.59 Å². The van der Waals surface area contributed by atoms with E-state index in [0.717, 1.165) is 57.9 Å². The number of anilines is 1. The molecule has 0 aliphatic heterocycles. The van der Waals surface area contributed by atoms with E-state index >= 15 is 0 Å². The van der Waals surface area contributed by atoms with Crippen molar-refractivity contribution >= 4 is 27.7 Å². The van der Waals surface area contributed by atoms with E-state index in [9.17, 15) is 22.4 Å². The van der Waals surface area contributed by atoms with Gasteiger partial charge in [0, 0.05) is 26.7 Å². The van der Waals surface area contributed by atoms with Gasteiger partial charge in [0.25, 0.3) is 0 Å². The summed E-state index contributed by atoms with van der Waals surface area (Å²) in [7, 11) is -1.58. The topological polar surface area (TPSA) is 90.0 Å². The second-order valence-electron chi connectivity index (χ2n) is 9.77. The number of hydrogen-bond donors (Lipinski definition) is 1. The van der Waals surface area contributed by atoms with E-state index in [0.29, 0.717) is 0 Å². The Hall–Kier alpha value is -2.98. The van der Waals surface area contributed by atoms with E-state index < -0.39 is 34.5 Å². The van der Waals surface area contributed by atoms with E-state index in [1.54, 1.807) is 6.92 Å². The summed E-state index contributed by atoms with van der Waals surface area (Å²) in [5.74, 6) is -1.67. The lowest BCUT2D eigenvalue weighted by Crippen LogP contribution is -2.53. The Morgan fingerprint density at radius 3 is 2.24 bits per heavy atom. The summed E-state index contributed by atoms with van der Waals surface area (Å²) in [6.45, 7) is 3.03. The Morgan fingerprint density at radius 1 is 1.03 bits per heavy atom. The van der Waals surface area contributed by atoms with Gasteiger partial charge in [-0.15, -0.1) is 0 Å². The van der Waals surface area contributed by atoms with Crippen molar-refractivity contribution in [3.8, 4) is 0 Å². The summed E-state index contributed by atoms with van der Waals surface area (Å²) in [5, 5.41) is 3.06. The number of hydrogen-bond acceptors (Lipinski definition) is 4. The molecule has 0 bridgehead atoms. The van der Waals surface area contributed by atoms with E-state index in [1.807, 2.05) is 31.2 Å². The van der Waals surface area contributed by atoms with Gasteiger partial charge in [0.05, 0.1) is 5.69 Å². The van der Waals surface area contributed by atoms with Crippen LogP contribution in [0, 0.1) is 12.7 Å². The minimum atomic E-state index is -4.21. The molecule has 1 saturated carbocycles. The van der Waals surface area contributed by atoms with E-state index in [1.165, 1.54) is 37.2 Å². The molecule has 2 aromatic rings. The fourth-order valence-corrected chi connectivity index (χ4v) is 5.46. The van der Waals surface area contributed by atoms with Gasteiger partial charge in [-0.1, -0.05) is 61.2 Å². The SMILES string of the molecule is Cc1ccc(CN(C(=O)CN(c2ccccc2F)S(=O)(=O)N(C)C)C(C)C(=O)NC2CCCCC2)cc1. The number of nitrogens with zero attached hydrogens (tertiary/aromatic N) is 3. The molecule has 1 fully saturated rings. The van der Waals surface area contributed by atoms with Crippen molar-refractivity contribution in [2.45, 2.75) is 64.6 Å². The van der Waals surface area contributed by atoms with Crippen molar-refractivity contribution in [3.63, 3.8) is 0 Å². The van der Waals surface area contributed by atoms with E-state index in [4.69, 9.17) is 0 Å². The van der Waals surface area contributed by atoms with Crippen molar-refractivity contribution in [2.24, 2.45) is 0 Å². The van der Waals surface area contributed by atoms with Crippen molar-refractivity contribution in [1.82, 2.24) is 14.5 Å². The van der Waals surface area contributed by atoms with Crippen LogP contribution in [0.2, 0.25) is 0 Å². The highest BCUT2D eigenvalue weighted by Crippen LogP contribution is 2.24. The number of para-hydroxylation sites is 1. The van der Waals surface area contributed by atoms with Gasteiger partial charge in [-0.05, 0) is 44.4 Å². The highest BCUT2D eigenvalue weighted by Gasteiger charge is 2.34. The molecule has 1 atom stereocenters. The van der Waals surface area contributed by atoms with Gasteiger partial charge in [0.15, 0.2) is 0 Å². The van der Waals surface area contributed by atoms with Crippen molar-refractivity contribution in [2.75, 3.05) is 24.9 Å². The first-order valence-corrected chi connectivity index (χ1v) is 14.0. The number of rotatable bonds is 10. The Balaban J connectivity index is 1.92. The zero-order chi connectivity index (χ0) is 27.2. The predicted molar refractivity (Wildman–Crippen MR) is 143 cm³/mol. The van der Waals surface area contributed by atoms with E-state index in [2.05, 4.69) is 5.32 Å². The van der Waals surface area contributed by atoms with Crippen LogP contribution in [-0.4, -0.2) is 62.2 Å². The van der Waals surface area contributed by atoms with Gasteiger partial charge < -0.3 is 10.2 Å². The number of aryl methyl sites for hydroxylation is 1. The highest BCUT2D eigenvalue weighted by atomic mass is 32.2. The molecule has 0 saturated heterocycles. The predicted octanol–water partition coefficient (Wildman–Crippen LogP) is 3.61. The van der Waals surface area contributed by atoms with Crippen LogP contribution >= 0.6 is 0 Å². The van der Waals surface area contributed by atoms with Crippen molar-refractivity contribution in [1.29, 1.82) is 0 Å². The normalized spacial score (nSPS) is 15.3. The lowest BCUT2D eigenvalue weighted by Gasteiger charge is -2.34. The second kappa shape index (κ2) is 12.5. The quantitative estimate of drug-likeness (QED) is 0.506. The second-order valence-corrected chi connectivity index (χ2v) is 11.8. The maximum atomic E-state index is 14.7. The molecule has 1 N–H and O–H groups in total. The molecule has 8 nitrogen and oxygen atoms in total. The number of nitrogens with one attached hydrogen (secondary N) is 1. The van der Waals surface area contributed by atoms with Crippen LogP contribution in [-0.2, 0) is 26.3 Å². The first-order valence-electron chi connectivity index (χ1n) is 12.6. The third-order valence-corrected chi connectivity index (χ3v) is 8.54. The zero-order valence-electron chi connectivity index (χ0n) is 22.0. The zero-order valence-corrected chi connectivity index (χ0v) is 22.8. The Labute approximate surface area is 219 Å². The Morgan fingerprint density at radius 2 is 1.65 bits per heavy atom. The summed E-state index contributed by atoms with van der Waals surface area (Å²) >= 11 is 0. The minimum Gasteiger partial charge on any atom is -0.352 e. The van der Waals surface area contributed by atoms with Crippen molar-refractivity contribution in [3.05, 3.63) is 65.5 Å². The molecule has 1 aliphatic carbocycles. The largest absolute Gasteiger partial charge is 0.352 e. The van der Waals surface area contributed by atoms with Crippen LogP contribution < -0.4 is 9.62 Å². The molecular weight excluding hydrogens is 495 g/mol. The van der Waals surface area contributed by atoms with Crippen LogP contribution in [0.15, 0.2) is 48.5 Å². The minimum absolute atomic E-state index is 0.0593. The molecule has 1 aliphatic rings. The van der Waals surface area contributed by atoms with Crippen LogP contribution in [0.3, 0.4) is 0 Å². The first kappa shape index (κ1) is 28.6. The molecule has 10 heteroatoms. The maximum absolute atomic E-state index is 14.7. The summed E-state index contributed by atoms with van der Waals surface area (Å²) in [4.78, 5) is 28.3. The monoisotopic (exact) mass is 532 g/mol. The molecule has 3 rings (SSSR count). The number of carbonyl (C=O) groups is 2. The van der Waals surface area contributed by atoms with Crippen LogP contribution in [0.5, 0.6) is 0 Å². The van der Waals surface area contributed by atoms with E-state index in [-0.39, 0.29) is 24.2 Å². The standard InChI is InChI=1S/C27H37FN4O4S/c1-20-14-16-22(17-15-20)18-31(21(2)27(34)29-23-10-6-5-7-11-23)26(33)19-32(37(35,36)30(3)4)25-13-9-8-12-24(25)28/h8-9,12-17,21,23H,5-7,10-11,18-19H2,1-4H3,(H,29,34). The number of benzene rings is 2. The number of halogens is 1. The van der Waals surface area contributed by atoms with Crippen LogP contribution in [0.4, 0.5) is 10.1 Å². The third-order valence-electron chi connectivity index (χ3n) is 6.73. The molecule has 37 heavy (non-hydrogen) atoms. The fraction of sp³-hybridized carbons (Fsp3) is 0.481. The molecule has 0 heterocycles. The summed E-state index contributed by atoms with van der Waals surface area (Å²) in [6.07, 6.45) is 5.03. The highest BCUT2D eigenvalue weighted by molar-refractivity contribution is 7.90. The molecule has 2 aromatic carbocycles. The smallest absolute Gasteiger partial charge is 0.304 e. The molecule has 1 unspecified atom stereocenters. The van der Waals surface area contributed by atoms with Gasteiger partial charge in [-0.2, -0.15) is 12.7 Å². The average molecular weight is 533 g/mol. The molecule has 0 radical (unpaired) electrons. The fourth-order valence-electron chi connectivity index (χ4n) is 4.40. The first-order chi connectivity index (χ1) is 17.5. The van der Waals surface area contributed by atoms with Gasteiger partial charge in [-0.25, -0.2) is 8.70 Å². The summed E-state index contributed by atoms with van der Waals surface area (Å²) in [6, 6.07) is 12.2. The lowest BCUT2D eigenvalue weighted by atomic mass is 9.95. The Bertz CT molecular complexity index is 1180. The van der Waals surface area contributed by atoms with Crippen LogP contribution in [0.25, 0.3) is 0 Å². The van der Waals surface area contributed by atoms with Gasteiger partial charge in [0.1, 0.15) is 18.4 Å². The molecule has 0 aromatic heterocycles. The maximum Gasteiger partial charge on any atom is 0.304 e. The van der Waals surface area contributed by atoms with Crippen LogP contribution in [0.1, 0.15) is 50.2 Å². The van der Waals surface area contributed by atoms with Crippen molar-refractivity contribution < 1.29 is 22.4 Å². The lowest BCUT2D eigenvalue weighted by molar-refractivity contribution is -0.139. The number of amides is 2.